The van der Waals surface area contributed by atoms with E-state index in [1.807, 2.05) is 30.3 Å². The van der Waals surface area contributed by atoms with Gasteiger partial charge in [-0.05, 0) is 42.8 Å². The Morgan fingerprint density at radius 3 is 2.59 bits per heavy atom. The van der Waals surface area contributed by atoms with E-state index in [9.17, 15) is 13.2 Å². The van der Waals surface area contributed by atoms with Gasteiger partial charge in [0, 0.05) is 12.1 Å². The lowest BCUT2D eigenvalue weighted by Gasteiger charge is -2.15. The molecule has 1 atom stereocenters. The number of hydrogen-bond acceptors (Lipinski definition) is 7. The molecule has 0 aliphatic rings. The molecule has 2 aromatic heterocycles. The molecule has 8 nitrogen and oxygen atoms in total. The van der Waals surface area contributed by atoms with E-state index in [1.54, 1.807) is 25.1 Å². The molecule has 2 aromatic carbocycles. The second kappa shape index (κ2) is 9.21. The van der Waals surface area contributed by atoms with Gasteiger partial charge in [0.25, 0.3) is 0 Å². The molecule has 0 fully saturated rings. The normalized spacial score (nSPS) is 12.4. The van der Waals surface area contributed by atoms with Gasteiger partial charge >= 0.3 is 5.97 Å². The van der Waals surface area contributed by atoms with Gasteiger partial charge in [-0.15, -0.1) is 0 Å². The van der Waals surface area contributed by atoms with E-state index in [4.69, 9.17) is 13.7 Å². The summed E-state index contributed by atoms with van der Waals surface area (Å²) in [6, 6.07) is 19.5. The van der Waals surface area contributed by atoms with Gasteiger partial charge in [0.1, 0.15) is 12.3 Å². The molecular formula is C23H20N2O6S. The van der Waals surface area contributed by atoms with Crippen LogP contribution in [0.2, 0.25) is 0 Å². The van der Waals surface area contributed by atoms with Crippen molar-refractivity contribution in [3.05, 3.63) is 95.9 Å². The molecule has 0 spiro atoms. The molecule has 0 bridgehead atoms. The Morgan fingerprint density at radius 2 is 1.84 bits per heavy atom. The predicted octanol–water partition coefficient (Wildman–Crippen LogP) is 4.33. The maximum Gasteiger partial charge on any atom is 0.338 e. The molecule has 2 heterocycles. The van der Waals surface area contributed by atoms with Crippen molar-refractivity contribution in [1.29, 1.82) is 0 Å². The van der Waals surface area contributed by atoms with E-state index in [1.165, 1.54) is 30.5 Å². The van der Waals surface area contributed by atoms with Crippen molar-refractivity contribution in [3.63, 3.8) is 0 Å². The van der Waals surface area contributed by atoms with Crippen molar-refractivity contribution >= 4 is 16.0 Å². The number of carbonyl (C=O) groups is 1. The Kier molecular flexibility index (Phi) is 6.20. The zero-order valence-corrected chi connectivity index (χ0v) is 17.9. The first-order chi connectivity index (χ1) is 15.4. The number of furan rings is 1. The van der Waals surface area contributed by atoms with Crippen LogP contribution in [-0.2, 0) is 21.4 Å². The molecular weight excluding hydrogens is 432 g/mol. The standard InChI is InChI=1S/C23H20N2O6S/c1-16(17-7-3-2-4-8-17)25-32(27,28)20-10-5-9-18(13-20)23(26)30-15-19-14-22(31-24-19)21-11-6-12-29-21/h2-14,16,25H,15H2,1H3/t16-/m0/s1. The third kappa shape index (κ3) is 4.96. The number of ether oxygens (including phenoxy) is 1. The largest absolute Gasteiger partial charge is 0.461 e. The van der Waals surface area contributed by atoms with Crippen LogP contribution in [-0.4, -0.2) is 19.5 Å². The number of carbonyl (C=O) groups excluding carboxylic acids is 1. The van der Waals surface area contributed by atoms with Crippen molar-refractivity contribution in [1.82, 2.24) is 9.88 Å². The SMILES string of the molecule is C[C@H](NS(=O)(=O)c1cccc(C(=O)OCc2cc(-c3ccco3)on2)c1)c1ccccc1. The molecule has 1 N–H and O–H groups in total. The van der Waals surface area contributed by atoms with Crippen LogP contribution in [0.15, 0.2) is 92.9 Å². The van der Waals surface area contributed by atoms with Gasteiger partial charge < -0.3 is 13.7 Å². The fraction of sp³-hybridized carbons (Fsp3) is 0.130. The molecule has 9 heteroatoms. The van der Waals surface area contributed by atoms with Crippen LogP contribution < -0.4 is 4.72 Å². The number of esters is 1. The topological polar surface area (TPSA) is 112 Å². The van der Waals surface area contributed by atoms with Gasteiger partial charge in [-0.3, -0.25) is 0 Å². The average molecular weight is 452 g/mol. The Morgan fingerprint density at radius 1 is 1.03 bits per heavy atom. The molecule has 32 heavy (non-hydrogen) atoms. The minimum absolute atomic E-state index is 0.0312. The summed E-state index contributed by atoms with van der Waals surface area (Å²) in [6.07, 6.45) is 1.51. The summed E-state index contributed by atoms with van der Waals surface area (Å²) in [4.78, 5) is 12.4. The second-order valence-electron chi connectivity index (χ2n) is 7.02. The molecule has 0 amide bonds. The summed E-state index contributed by atoms with van der Waals surface area (Å²) in [6.45, 7) is 1.61. The smallest absolute Gasteiger partial charge is 0.338 e. The number of sulfonamides is 1. The van der Waals surface area contributed by atoms with Crippen molar-refractivity contribution in [2.24, 2.45) is 0 Å². The van der Waals surface area contributed by atoms with Gasteiger partial charge in [0.05, 0.1) is 16.7 Å². The minimum Gasteiger partial charge on any atom is -0.461 e. The van der Waals surface area contributed by atoms with Gasteiger partial charge in [-0.2, -0.15) is 0 Å². The lowest BCUT2D eigenvalue weighted by molar-refractivity contribution is 0.0464. The van der Waals surface area contributed by atoms with E-state index in [2.05, 4.69) is 9.88 Å². The fourth-order valence-corrected chi connectivity index (χ4v) is 4.32. The maximum absolute atomic E-state index is 12.8. The Hall–Kier alpha value is -3.69. The molecule has 0 saturated carbocycles. The Bertz CT molecular complexity index is 1300. The average Bonchev–Trinajstić information content (AvgIpc) is 3.50. The number of benzene rings is 2. The van der Waals surface area contributed by atoms with E-state index in [0.29, 0.717) is 17.2 Å². The summed E-state index contributed by atoms with van der Waals surface area (Å²) in [5.41, 5.74) is 1.33. The molecule has 0 aliphatic heterocycles. The van der Waals surface area contributed by atoms with Crippen molar-refractivity contribution in [2.45, 2.75) is 24.5 Å². The van der Waals surface area contributed by atoms with Crippen LogP contribution in [0.25, 0.3) is 11.5 Å². The molecule has 0 radical (unpaired) electrons. The van der Waals surface area contributed by atoms with Gasteiger partial charge in [0.2, 0.25) is 15.8 Å². The highest BCUT2D eigenvalue weighted by molar-refractivity contribution is 7.89. The fourth-order valence-electron chi connectivity index (χ4n) is 3.04. The van der Waals surface area contributed by atoms with Crippen LogP contribution >= 0.6 is 0 Å². The van der Waals surface area contributed by atoms with Crippen LogP contribution in [0.1, 0.15) is 34.6 Å². The lowest BCUT2D eigenvalue weighted by atomic mass is 10.1. The second-order valence-corrected chi connectivity index (χ2v) is 8.73. The summed E-state index contributed by atoms with van der Waals surface area (Å²) in [7, 11) is -3.85. The molecule has 0 saturated heterocycles. The summed E-state index contributed by atoms with van der Waals surface area (Å²) in [5, 5.41) is 3.84. The minimum atomic E-state index is -3.85. The molecule has 4 aromatic rings. The van der Waals surface area contributed by atoms with E-state index in [-0.39, 0.29) is 17.1 Å². The van der Waals surface area contributed by atoms with Crippen molar-refractivity contribution in [2.75, 3.05) is 0 Å². The third-order valence-electron chi connectivity index (χ3n) is 4.69. The van der Waals surface area contributed by atoms with Crippen LogP contribution in [0.5, 0.6) is 0 Å². The van der Waals surface area contributed by atoms with Crippen LogP contribution in [0.3, 0.4) is 0 Å². The molecule has 164 valence electrons. The zero-order chi connectivity index (χ0) is 22.6. The van der Waals surface area contributed by atoms with E-state index < -0.39 is 22.0 Å². The highest BCUT2D eigenvalue weighted by Crippen LogP contribution is 2.21. The lowest BCUT2D eigenvalue weighted by Crippen LogP contribution is -2.27. The number of rotatable bonds is 8. The first-order valence-electron chi connectivity index (χ1n) is 9.76. The quantitative estimate of drug-likeness (QED) is 0.396. The number of nitrogens with zero attached hydrogens (tertiary/aromatic N) is 1. The first kappa shape index (κ1) is 21.5. The number of hydrogen-bond donors (Lipinski definition) is 1. The zero-order valence-electron chi connectivity index (χ0n) is 17.1. The summed E-state index contributed by atoms with van der Waals surface area (Å²) in [5.74, 6) is 0.235. The van der Waals surface area contributed by atoms with E-state index >= 15 is 0 Å². The first-order valence-corrected chi connectivity index (χ1v) is 11.2. The van der Waals surface area contributed by atoms with Gasteiger partial charge in [-0.25, -0.2) is 17.9 Å². The number of aromatic nitrogens is 1. The van der Waals surface area contributed by atoms with E-state index in [0.717, 1.165) is 5.56 Å². The van der Waals surface area contributed by atoms with Crippen molar-refractivity contribution < 1.29 is 26.9 Å². The monoisotopic (exact) mass is 452 g/mol. The Labute approximate surface area is 184 Å². The van der Waals surface area contributed by atoms with Crippen LogP contribution in [0.4, 0.5) is 0 Å². The Balaban J connectivity index is 1.42. The molecule has 0 aliphatic carbocycles. The third-order valence-corrected chi connectivity index (χ3v) is 6.22. The predicted molar refractivity (Wildman–Crippen MR) is 115 cm³/mol. The molecule has 0 unspecified atom stereocenters. The maximum atomic E-state index is 12.8. The van der Waals surface area contributed by atoms with Crippen molar-refractivity contribution in [3.8, 4) is 11.5 Å². The summed E-state index contributed by atoms with van der Waals surface area (Å²) < 4.78 is 43.8. The van der Waals surface area contributed by atoms with Gasteiger partial charge in [-0.1, -0.05) is 41.6 Å². The molecule has 4 rings (SSSR count). The summed E-state index contributed by atoms with van der Waals surface area (Å²) >= 11 is 0. The highest BCUT2D eigenvalue weighted by atomic mass is 32.2. The van der Waals surface area contributed by atoms with Crippen LogP contribution in [0, 0.1) is 0 Å². The van der Waals surface area contributed by atoms with Gasteiger partial charge in [0.15, 0.2) is 5.76 Å². The number of nitrogens with one attached hydrogen (secondary N) is 1. The highest BCUT2D eigenvalue weighted by Gasteiger charge is 2.20.